The number of nitrogens with zero attached hydrogens (tertiary/aromatic N) is 1. The summed E-state index contributed by atoms with van der Waals surface area (Å²) in [5.74, 6) is 0.0501. The molecule has 5 heteroatoms. The first-order valence-electron chi connectivity index (χ1n) is 6.00. The lowest BCUT2D eigenvalue weighted by molar-refractivity contribution is -0.144. The molecule has 1 saturated carbocycles. The quantitative estimate of drug-likeness (QED) is 0.759. The van der Waals surface area contributed by atoms with Crippen molar-refractivity contribution in [2.24, 2.45) is 11.8 Å². The molecule has 5 nitrogen and oxygen atoms in total. The average Bonchev–Trinajstić information content (AvgIpc) is 2.90. The summed E-state index contributed by atoms with van der Waals surface area (Å²) in [6, 6.07) is -0.714. The molecule has 1 aliphatic heterocycles. The molecule has 0 unspecified atom stereocenters. The highest BCUT2D eigenvalue weighted by Gasteiger charge is 2.50. The van der Waals surface area contributed by atoms with Gasteiger partial charge in [-0.15, -0.1) is 0 Å². The molecule has 0 aromatic heterocycles. The van der Waals surface area contributed by atoms with Gasteiger partial charge in [0.2, 0.25) is 0 Å². The third-order valence-electron chi connectivity index (χ3n) is 3.32. The van der Waals surface area contributed by atoms with Crippen LogP contribution >= 0.6 is 0 Å². The van der Waals surface area contributed by atoms with Gasteiger partial charge >= 0.3 is 12.1 Å². The number of aliphatic carboxylic acids is 1. The molecule has 1 N–H and O–H groups in total. The fourth-order valence-electron chi connectivity index (χ4n) is 2.37. The van der Waals surface area contributed by atoms with Gasteiger partial charge in [-0.25, -0.2) is 9.59 Å². The predicted octanol–water partition coefficient (Wildman–Crippen LogP) is 1.72. The van der Waals surface area contributed by atoms with Crippen molar-refractivity contribution in [3.63, 3.8) is 0 Å². The molecule has 0 radical (unpaired) electrons. The molecule has 17 heavy (non-hydrogen) atoms. The SMILES string of the molecule is CC(C)(C)OC(=O)N1C[C@@H]2C[C@@H]2C[C@@H]1C(=O)O. The van der Waals surface area contributed by atoms with Gasteiger partial charge in [0, 0.05) is 6.54 Å². The first-order chi connectivity index (χ1) is 7.78. The van der Waals surface area contributed by atoms with Crippen molar-refractivity contribution in [3.8, 4) is 0 Å². The van der Waals surface area contributed by atoms with Crippen molar-refractivity contribution in [2.75, 3.05) is 6.54 Å². The molecule has 2 aliphatic rings. The zero-order valence-corrected chi connectivity index (χ0v) is 10.5. The number of amides is 1. The lowest BCUT2D eigenvalue weighted by Gasteiger charge is -2.34. The third-order valence-corrected chi connectivity index (χ3v) is 3.32. The summed E-state index contributed by atoms with van der Waals surface area (Å²) in [5.41, 5.74) is -0.583. The topological polar surface area (TPSA) is 66.8 Å². The predicted molar refractivity (Wildman–Crippen MR) is 60.6 cm³/mol. The van der Waals surface area contributed by atoms with Crippen molar-refractivity contribution in [1.82, 2.24) is 4.90 Å². The van der Waals surface area contributed by atoms with Crippen LogP contribution in [-0.4, -0.2) is 40.3 Å². The van der Waals surface area contributed by atoms with Gasteiger partial charge in [-0.1, -0.05) is 0 Å². The smallest absolute Gasteiger partial charge is 0.411 e. The van der Waals surface area contributed by atoms with Gasteiger partial charge in [-0.2, -0.15) is 0 Å². The van der Waals surface area contributed by atoms with E-state index in [1.54, 1.807) is 20.8 Å². The van der Waals surface area contributed by atoms with E-state index in [0.29, 0.717) is 24.8 Å². The average molecular weight is 241 g/mol. The van der Waals surface area contributed by atoms with Crippen LogP contribution < -0.4 is 0 Å². The minimum atomic E-state index is -0.929. The highest BCUT2D eigenvalue weighted by molar-refractivity contribution is 5.80. The second-order valence-electron chi connectivity index (χ2n) is 5.98. The number of carboxylic acids is 1. The van der Waals surface area contributed by atoms with E-state index in [1.165, 1.54) is 4.90 Å². The van der Waals surface area contributed by atoms with Crippen molar-refractivity contribution in [2.45, 2.75) is 45.3 Å². The standard InChI is InChI=1S/C12H19NO4/c1-12(2,3)17-11(16)13-6-8-4-7(8)5-9(13)10(14)15/h7-9H,4-6H2,1-3H3,(H,14,15)/t7-,8+,9-/m1/s1. The number of carbonyl (C=O) groups excluding carboxylic acids is 1. The number of likely N-dealkylation sites (tertiary alicyclic amines) is 1. The molecular weight excluding hydrogens is 222 g/mol. The van der Waals surface area contributed by atoms with Crippen LogP contribution in [0.3, 0.4) is 0 Å². The number of ether oxygens (including phenoxy) is 1. The van der Waals surface area contributed by atoms with Gasteiger partial charge in [0.15, 0.2) is 0 Å². The Morgan fingerprint density at radius 3 is 2.41 bits per heavy atom. The molecule has 96 valence electrons. The van der Waals surface area contributed by atoms with Gasteiger partial charge in [0.25, 0.3) is 0 Å². The maximum absolute atomic E-state index is 11.9. The largest absolute Gasteiger partial charge is 0.480 e. The van der Waals surface area contributed by atoms with E-state index in [1.807, 2.05) is 0 Å². The Kier molecular flexibility index (Phi) is 2.79. The molecule has 1 saturated heterocycles. The van der Waals surface area contributed by atoms with Gasteiger partial charge in [0.05, 0.1) is 0 Å². The normalized spacial score (nSPS) is 31.7. The van der Waals surface area contributed by atoms with Crippen LogP contribution in [-0.2, 0) is 9.53 Å². The Morgan fingerprint density at radius 2 is 1.88 bits per heavy atom. The summed E-state index contributed by atoms with van der Waals surface area (Å²) in [6.45, 7) is 5.87. The third kappa shape index (κ3) is 2.70. The van der Waals surface area contributed by atoms with E-state index in [4.69, 9.17) is 9.84 Å². The summed E-state index contributed by atoms with van der Waals surface area (Å²) in [5, 5.41) is 9.14. The molecule has 2 rings (SSSR count). The summed E-state index contributed by atoms with van der Waals surface area (Å²) < 4.78 is 5.25. The van der Waals surface area contributed by atoms with E-state index in [0.717, 1.165) is 6.42 Å². The van der Waals surface area contributed by atoms with E-state index in [9.17, 15) is 9.59 Å². The molecule has 0 spiro atoms. The molecule has 0 aromatic carbocycles. The number of carbonyl (C=O) groups is 2. The highest BCUT2D eigenvalue weighted by Crippen LogP contribution is 2.47. The first-order valence-corrected chi connectivity index (χ1v) is 6.00. The number of fused-ring (bicyclic) bond motifs is 1. The molecule has 3 atom stereocenters. The Hall–Kier alpha value is -1.26. The highest BCUT2D eigenvalue weighted by atomic mass is 16.6. The van der Waals surface area contributed by atoms with Gasteiger partial charge < -0.3 is 9.84 Å². The zero-order valence-electron chi connectivity index (χ0n) is 10.5. The van der Waals surface area contributed by atoms with Crippen LogP contribution in [0.15, 0.2) is 0 Å². The number of hydrogen-bond donors (Lipinski definition) is 1. The first kappa shape index (κ1) is 12.2. The van der Waals surface area contributed by atoms with Crippen LogP contribution in [0.4, 0.5) is 4.79 Å². The van der Waals surface area contributed by atoms with E-state index in [-0.39, 0.29) is 0 Å². The molecule has 1 heterocycles. The minimum absolute atomic E-state index is 0.484. The maximum atomic E-state index is 11.9. The van der Waals surface area contributed by atoms with E-state index >= 15 is 0 Å². The fourth-order valence-corrected chi connectivity index (χ4v) is 2.37. The van der Waals surface area contributed by atoms with Crippen molar-refractivity contribution in [1.29, 1.82) is 0 Å². The lowest BCUT2D eigenvalue weighted by atomic mass is 10.0. The minimum Gasteiger partial charge on any atom is -0.480 e. The Morgan fingerprint density at radius 1 is 1.24 bits per heavy atom. The molecular formula is C12H19NO4. The summed E-state index contributed by atoms with van der Waals surface area (Å²) in [7, 11) is 0. The Bertz CT molecular complexity index is 347. The molecule has 1 aliphatic carbocycles. The van der Waals surface area contributed by atoms with E-state index in [2.05, 4.69) is 0 Å². The Labute approximate surface area is 101 Å². The fraction of sp³-hybridized carbons (Fsp3) is 0.833. The lowest BCUT2D eigenvalue weighted by Crippen LogP contribution is -2.50. The molecule has 1 amide bonds. The maximum Gasteiger partial charge on any atom is 0.411 e. The van der Waals surface area contributed by atoms with Crippen molar-refractivity contribution >= 4 is 12.1 Å². The zero-order chi connectivity index (χ0) is 12.8. The van der Waals surface area contributed by atoms with Crippen LogP contribution in [0.2, 0.25) is 0 Å². The van der Waals surface area contributed by atoms with Crippen LogP contribution in [0, 0.1) is 11.8 Å². The number of hydrogen-bond acceptors (Lipinski definition) is 3. The monoisotopic (exact) mass is 241 g/mol. The second kappa shape index (κ2) is 3.89. The van der Waals surface area contributed by atoms with Gasteiger partial charge in [0.1, 0.15) is 11.6 Å². The van der Waals surface area contributed by atoms with E-state index < -0.39 is 23.7 Å². The summed E-state index contributed by atoms with van der Waals surface area (Å²) >= 11 is 0. The summed E-state index contributed by atoms with van der Waals surface area (Å²) in [4.78, 5) is 24.5. The van der Waals surface area contributed by atoms with Crippen molar-refractivity contribution in [3.05, 3.63) is 0 Å². The van der Waals surface area contributed by atoms with Crippen LogP contribution in [0.5, 0.6) is 0 Å². The number of piperidine rings is 1. The molecule has 0 bridgehead atoms. The van der Waals surface area contributed by atoms with Crippen molar-refractivity contribution < 1.29 is 19.4 Å². The number of carboxylic acid groups (broad SMARTS) is 1. The molecule has 0 aromatic rings. The van der Waals surface area contributed by atoms with Crippen LogP contribution in [0.1, 0.15) is 33.6 Å². The van der Waals surface area contributed by atoms with Gasteiger partial charge in [-0.3, -0.25) is 4.90 Å². The molecule has 2 fully saturated rings. The second-order valence-corrected chi connectivity index (χ2v) is 5.98. The number of rotatable bonds is 1. The van der Waals surface area contributed by atoms with Crippen LogP contribution in [0.25, 0.3) is 0 Å². The Balaban J connectivity index is 2.06. The summed E-state index contributed by atoms with van der Waals surface area (Å²) in [6.07, 6.45) is 1.11. The van der Waals surface area contributed by atoms with Gasteiger partial charge in [-0.05, 0) is 45.4 Å².